The van der Waals surface area contributed by atoms with Gasteiger partial charge < -0.3 is 0 Å². The SMILES string of the molecule is O=C(CC(=O)c1cccs1)c1ccc(F)c(F)c1. The van der Waals surface area contributed by atoms with E-state index in [1.165, 1.54) is 17.4 Å². The molecular formula is C13H8F2O2S. The van der Waals surface area contributed by atoms with Crippen molar-refractivity contribution in [2.45, 2.75) is 6.42 Å². The zero-order chi connectivity index (χ0) is 13.1. The van der Waals surface area contributed by atoms with E-state index >= 15 is 0 Å². The maximum atomic E-state index is 12.9. The van der Waals surface area contributed by atoms with Gasteiger partial charge in [-0.15, -0.1) is 11.3 Å². The van der Waals surface area contributed by atoms with Crippen molar-refractivity contribution in [2.24, 2.45) is 0 Å². The highest BCUT2D eigenvalue weighted by Crippen LogP contribution is 2.15. The lowest BCUT2D eigenvalue weighted by molar-refractivity contribution is 0.0896. The van der Waals surface area contributed by atoms with Gasteiger partial charge in [-0.2, -0.15) is 0 Å². The van der Waals surface area contributed by atoms with Crippen LogP contribution in [0.25, 0.3) is 0 Å². The molecule has 92 valence electrons. The summed E-state index contributed by atoms with van der Waals surface area (Å²) in [7, 11) is 0. The van der Waals surface area contributed by atoms with Crippen LogP contribution in [0.3, 0.4) is 0 Å². The Labute approximate surface area is 106 Å². The van der Waals surface area contributed by atoms with Gasteiger partial charge >= 0.3 is 0 Å². The molecule has 0 aliphatic rings. The lowest BCUT2D eigenvalue weighted by atomic mass is 10.1. The molecule has 1 heterocycles. The first-order chi connectivity index (χ1) is 8.58. The number of thiophene rings is 1. The van der Waals surface area contributed by atoms with Gasteiger partial charge in [-0.3, -0.25) is 9.59 Å². The molecule has 0 spiro atoms. The first kappa shape index (κ1) is 12.6. The second-order valence-electron chi connectivity index (χ2n) is 3.63. The van der Waals surface area contributed by atoms with E-state index in [0.29, 0.717) is 4.88 Å². The van der Waals surface area contributed by atoms with Gasteiger partial charge in [-0.1, -0.05) is 6.07 Å². The van der Waals surface area contributed by atoms with Crippen molar-refractivity contribution in [1.82, 2.24) is 0 Å². The van der Waals surface area contributed by atoms with Crippen molar-refractivity contribution in [3.05, 3.63) is 57.8 Å². The first-order valence-electron chi connectivity index (χ1n) is 5.13. The summed E-state index contributed by atoms with van der Waals surface area (Å²) in [6, 6.07) is 6.17. The van der Waals surface area contributed by atoms with Crippen LogP contribution in [-0.2, 0) is 0 Å². The third-order valence-electron chi connectivity index (χ3n) is 2.36. The minimum Gasteiger partial charge on any atom is -0.294 e. The number of benzene rings is 1. The highest BCUT2D eigenvalue weighted by atomic mass is 32.1. The molecule has 0 saturated heterocycles. The number of Topliss-reactive ketones (excluding diaryl/α,β-unsaturated/α-hetero) is 2. The maximum absolute atomic E-state index is 12.9. The van der Waals surface area contributed by atoms with Gasteiger partial charge in [0.2, 0.25) is 0 Å². The molecule has 0 unspecified atom stereocenters. The van der Waals surface area contributed by atoms with E-state index in [1.807, 2.05) is 0 Å². The summed E-state index contributed by atoms with van der Waals surface area (Å²) < 4.78 is 25.6. The van der Waals surface area contributed by atoms with E-state index < -0.39 is 17.4 Å². The molecule has 0 bridgehead atoms. The first-order valence-corrected chi connectivity index (χ1v) is 6.01. The molecule has 0 N–H and O–H groups in total. The van der Waals surface area contributed by atoms with Crippen LogP contribution in [0.5, 0.6) is 0 Å². The van der Waals surface area contributed by atoms with Crippen molar-refractivity contribution in [2.75, 3.05) is 0 Å². The number of rotatable bonds is 4. The summed E-state index contributed by atoms with van der Waals surface area (Å²) in [4.78, 5) is 23.8. The quantitative estimate of drug-likeness (QED) is 0.627. The van der Waals surface area contributed by atoms with Crippen LogP contribution in [-0.4, -0.2) is 11.6 Å². The Morgan fingerprint density at radius 2 is 1.83 bits per heavy atom. The van der Waals surface area contributed by atoms with Crippen LogP contribution in [0.1, 0.15) is 26.5 Å². The molecule has 2 rings (SSSR count). The van der Waals surface area contributed by atoms with Gasteiger partial charge in [-0.25, -0.2) is 8.78 Å². The lowest BCUT2D eigenvalue weighted by Gasteiger charge is -2.00. The third kappa shape index (κ3) is 2.68. The van der Waals surface area contributed by atoms with Crippen molar-refractivity contribution in [3.63, 3.8) is 0 Å². The van der Waals surface area contributed by atoms with Gasteiger partial charge in [0.05, 0.1) is 11.3 Å². The highest BCUT2D eigenvalue weighted by molar-refractivity contribution is 7.12. The van der Waals surface area contributed by atoms with Gasteiger partial charge in [0.1, 0.15) is 0 Å². The van der Waals surface area contributed by atoms with Gasteiger partial charge in [0, 0.05) is 5.56 Å². The Morgan fingerprint density at radius 3 is 2.44 bits per heavy atom. The summed E-state index contributed by atoms with van der Waals surface area (Å²) >= 11 is 1.24. The lowest BCUT2D eigenvalue weighted by Crippen LogP contribution is -2.08. The molecule has 0 fully saturated rings. The molecule has 18 heavy (non-hydrogen) atoms. The molecule has 0 atom stereocenters. The summed E-state index contributed by atoms with van der Waals surface area (Å²) in [5.41, 5.74) is -0.00111. The number of carbonyl (C=O) groups excluding carboxylic acids is 2. The van der Waals surface area contributed by atoms with E-state index in [-0.39, 0.29) is 17.8 Å². The van der Waals surface area contributed by atoms with Crippen LogP contribution in [0.4, 0.5) is 8.78 Å². The molecule has 0 aliphatic heterocycles. The Balaban J connectivity index is 2.12. The van der Waals surface area contributed by atoms with Gasteiger partial charge in [-0.05, 0) is 29.6 Å². The van der Waals surface area contributed by atoms with Crippen molar-refractivity contribution < 1.29 is 18.4 Å². The van der Waals surface area contributed by atoms with Crippen LogP contribution in [0.15, 0.2) is 35.7 Å². The van der Waals surface area contributed by atoms with E-state index in [9.17, 15) is 18.4 Å². The van der Waals surface area contributed by atoms with E-state index in [0.717, 1.165) is 12.1 Å². The summed E-state index contributed by atoms with van der Waals surface area (Å²) in [5.74, 6) is -2.95. The fraction of sp³-hybridized carbons (Fsp3) is 0.0769. The summed E-state index contributed by atoms with van der Waals surface area (Å²) in [6.07, 6.45) is -0.342. The van der Waals surface area contributed by atoms with E-state index in [4.69, 9.17) is 0 Å². The van der Waals surface area contributed by atoms with Crippen molar-refractivity contribution in [1.29, 1.82) is 0 Å². The fourth-order valence-corrected chi connectivity index (χ4v) is 2.11. The molecule has 5 heteroatoms. The Hall–Kier alpha value is -1.88. The van der Waals surface area contributed by atoms with Gasteiger partial charge in [0.15, 0.2) is 23.2 Å². The predicted molar refractivity (Wildman–Crippen MR) is 64.0 cm³/mol. The van der Waals surface area contributed by atoms with Crippen LogP contribution in [0.2, 0.25) is 0 Å². The zero-order valence-electron chi connectivity index (χ0n) is 9.15. The monoisotopic (exact) mass is 266 g/mol. The van der Waals surface area contributed by atoms with Crippen LogP contribution < -0.4 is 0 Å². The molecule has 2 aromatic rings. The zero-order valence-corrected chi connectivity index (χ0v) is 9.97. The average Bonchev–Trinajstić information content (AvgIpc) is 2.86. The summed E-state index contributed by atoms with van der Waals surface area (Å²) in [5, 5.41) is 1.73. The van der Waals surface area contributed by atoms with Crippen molar-refractivity contribution in [3.8, 4) is 0 Å². The highest BCUT2D eigenvalue weighted by Gasteiger charge is 2.15. The minimum atomic E-state index is -1.09. The van der Waals surface area contributed by atoms with Gasteiger partial charge in [0.25, 0.3) is 0 Å². The topological polar surface area (TPSA) is 34.1 Å². The minimum absolute atomic E-state index is 0.00111. The Morgan fingerprint density at radius 1 is 1.06 bits per heavy atom. The number of carbonyl (C=O) groups is 2. The molecule has 0 amide bonds. The molecule has 0 saturated carbocycles. The second kappa shape index (κ2) is 5.18. The molecular weight excluding hydrogens is 258 g/mol. The van der Waals surface area contributed by atoms with Crippen molar-refractivity contribution >= 4 is 22.9 Å². The third-order valence-corrected chi connectivity index (χ3v) is 3.27. The molecule has 1 aromatic heterocycles. The standard InChI is InChI=1S/C13H8F2O2S/c14-9-4-3-8(6-10(9)15)11(16)7-12(17)13-2-1-5-18-13/h1-6H,7H2. The van der Waals surface area contributed by atoms with E-state index in [1.54, 1.807) is 17.5 Å². The smallest absolute Gasteiger partial charge is 0.180 e. The largest absolute Gasteiger partial charge is 0.294 e. The molecule has 2 nitrogen and oxygen atoms in total. The number of halogens is 2. The summed E-state index contributed by atoms with van der Waals surface area (Å²) in [6.45, 7) is 0. The maximum Gasteiger partial charge on any atom is 0.180 e. The normalized spacial score (nSPS) is 10.3. The Bertz CT molecular complexity index is 591. The number of hydrogen-bond acceptors (Lipinski definition) is 3. The molecule has 0 aliphatic carbocycles. The Kier molecular flexibility index (Phi) is 3.62. The predicted octanol–water partition coefficient (Wildman–Crippen LogP) is 3.48. The van der Waals surface area contributed by atoms with E-state index in [2.05, 4.69) is 0 Å². The average molecular weight is 266 g/mol. The van der Waals surface area contributed by atoms with Crippen LogP contribution >= 0.6 is 11.3 Å². The second-order valence-corrected chi connectivity index (χ2v) is 4.58. The number of hydrogen-bond donors (Lipinski definition) is 0. The fourth-order valence-electron chi connectivity index (χ4n) is 1.44. The van der Waals surface area contributed by atoms with Crippen LogP contribution in [0, 0.1) is 11.6 Å². The molecule has 1 aromatic carbocycles. The number of ketones is 2. The molecule has 0 radical (unpaired) electrons.